The molecule has 20 heavy (non-hydrogen) atoms. The molecular formula is C15H15NO3S. The van der Waals surface area contributed by atoms with Crippen LogP contribution in [0.3, 0.4) is 0 Å². The Morgan fingerprint density at radius 2 is 2.30 bits per heavy atom. The molecule has 5 heteroatoms. The Hall–Kier alpha value is -2.03. The van der Waals surface area contributed by atoms with E-state index in [0.717, 1.165) is 22.6 Å². The smallest absolute Gasteiger partial charge is 0.287 e. The summed E-state index contributed by atoms with van der Waals surface area (Å²) in [6.45, 7) is 2.19. The maximum Gasteiger partial charge on any atom is 0.287 e. The molecule has 0 spiro atoms. The van der Waals surface area contributed by atoms with E-state index >= 15 is 0 Å². The number of nitrogens with one attached hydrogen (secondary N) is 1. The van der Waals surface area contributed by atoms with Crippen molar-refractivity contribution in [2.75, 3.05) is 6.61 Å². The number of hydrogen-bond donors (Lipinski definition) is 2. The molecule has 0 bridgehead atoms. The first-order valence-corrected chi connectivity index (χ1v) is 7.15. The van der Waals surface area contributed by atoms with Gasteiger partial charge in [-0.1, -0.05) is 18.8 Å². The molecule has 1 amide bonds. The van der Waals surface area contributed by atoms with Crippen LogP contribution in [0.15, 0.2) is 28.0 Å². The van der Waals surface area contributed by atoms with E-state index in [1.807, 2.05) is 18.4 Å². The predicted octanol–water partition coefficient (Wildman–Crippen LogP) is 2.18. The Balaban J connectivity index is 1.98. The number of carbonyl (C=O) groups is 1. The zero-order valence-corrected chi connectivity index (χ0v) is 11.9. The van der Waals surface area contributed by atoms with E-state index in [1.165, 1.54) is 11.3 Å². The molecule has 0 aliphatic carbocycles. The maximum atomic E-state index is 11.9. The third-order valence-corrected chi connectivity index (χ3v) is 3.61. The van der Waals surface area contributed by atoms with E-state index in [0.29, 0.717) is 12.3 Å². The highest BCUT2D eigenvalue weighted by Crippen LogP contribution is 2.16. The highest BCUT2D eigenvalue weighted by molar-refractivity contribution is 7.10. The molecule has 2 N–H and O–H groups in total. The molecule has 0 aromatic carbocycles. The first-order chi connectivity index (χ1) is 9.74. The topological polar surface area (TPSA) is 62.5 Å². The van der Waals surface area contributed by atoms with E-state index in [1.54, 1.807) is 12.1 Å². The van der Waals surface area contributed by atoms with Crippen LogP contribution in [0.2, 0.25) is 0 Å². The Morgan fingerprint density at radius 1 is 1.45 bits per heavy atom. The second-order valence-electron chi connectivity index (χ2n) is 4.02. The Bertz CT molecular complexity index is 645. The Morgan fingerprint density at radius 3 is 3.00 bits per heavy atom. The minimum absolute atomic E-state index is 0.173. The van der Waals surface area contributed by atoms with Crippen LogP contribution in [-0.2, 0) is 13.0 Å². The first-order valence-electron chi connectivity index (χ1n) is 6.27. The summed E-state index contributed by atoms with van der Waals surface area (Å²) in [5.41, 5.74) is 0.832. The predicted molar refractivity (Wildman–Crippen MR) is 77.5 cm³/mol. The molecule has 0 saturated carbocycles. The van der Waals surface area contributed by atoms with Crippen LogP contribution in [0.25, 0.3) is 0 Å². The molecule has 0 atom stereocenters. The summed E-state index contributed by atoms with van der Waals surface area (Å²) in [6, 6.07) is 5.35. The summed E-state index contributed by atoms with van der Waals surface area (Å²) in [5.74, 6) is 6.33. The number of furan rings is 1. The van der Waals surface area contributed by atoms with Gasteiger partial charge in [0.2, 0.25) is 0 Å². The highest BCUT2D eigenvalue weighted by atomic mass is 32.1. The van der Waals surface area contributed by atoms with Gasteiger partial charge in [-0.25, -0.2) is 0 Å². The van der Waals surface area contributed by atoms with Gasteiger partial charge in [-0.2, -0.15) is 0 Å². The molecule has 0 aliphatic rings. The molecule has 0 unspecified atom stereocenters. The second-order valence-corrected chi connectivity index (χ2v) is 5.02. The van der Waals surface area contributed by atoms with Gasteiger partial charge >= 0.3 is 0 Å². The van der Waals surface area contributed by atoms with Gasteiger partial charge in [0.05, 0.1) is 6.54 Å². The zero-order chi connectivity index (χ0) is 14.4. The van der Waals surface area contributed by atoms with Gasteiger partial charge in [0.1, 0.15) is 12.4 Å². The molecule has 0 radical (unpaired) electrons. The summed E-state index contributed by atoms with van der Waals surface area (Å²) in [6.07, 6.45) is 0.763. The van der Waals surface area contributed by atoms with E-state index in [2.05, 4.69) is 17.2 Å². The highest BCUT2D eigenvalue weighted by Gasteiger charge is 2.11. The molecular weight excluding hydrogens is 274 g/mol. The van der Waals surface area contributed by atoms with Gasteiger partial charge in [0.15, 0.2) is 5.76 Å². The van der Waals surface area contributed by atoms with Gasteiger partial charge in [0, 0.05) is 16.9 Å². The lowest BCUT2D eigenvalue weighted by atomic mass is 10.2. The zero-order valence-electron chi connectivity index (χ0n) is 11.1. The molecule has 0 saturated heterocycles. The lowest BCUT2D eigenvalue weighted by molar-refractivity contribution is 0.0922. The molecule has 0 fully saturated rings. The lowest BCUT2D eigenvalue weighted by Crippen LogP contribution is -2.22. The standard InChI is InChI=1S/C15H15NO3S/c1-2-12-5-6-13(19-12)15(18)16-10-14-11(4-3-8-17)7-9-20-14/h5-7,9,17H,2,8,10H2,1H3,(H,16,18). The lowest BCUT2D eigenvalue weighted by Gasteiger charge is -2.02. The number of aliphatic hydroxyl groups excluding tert-OH is 1. The maximum absolute atomic E-state index is 11.9. The summed E-state index contributed by atoms with van der Waals surface area (Å²) < 4.78 is 5.39. The summed E-state index contributed by atoms with van der Waals surface area (Å²) >= 11 is 1.52. The SMILES string of the molecule is CCc1ccc(C(=O)NCc2sccc2C#CCO)o1. The molecule has 2 rings (SSSR count). The van der Waals surface area contributed by atoms with Crippen molar-refractivity contribution >= 4 is 17.2 Å². The van der Waals surface area contributed by atoms with Crippen molar-refractivity contribution in [3.05, 3.63) is 45.5 Å². The molecule has 2 aromatic heterocycles. The molecule has 2 heterocycles. The molecule has 4 nitrogen and oxygen atoms in total. The van der Waals surface area contributed by atoms with Crippen LogP contribution in [0, 0.1) is 11.8 Å². The van der Waals surface area contributed by atoms with Crippen LogP contribution in [0.1, 0.15) is 33.7 Å². The number of amides is 1. The number of aliphatic hydroxyl groups is 1. The van der Waals surface area contributed by atoms with Crippen molar-refractivity contribution in [1.82, 2.24) is 5.32 Å². The quantitative estimate of drug-likeness (QED) is 0.848. The fraction of sp³-hybridized carbons (Fsp3) is 0.267. The van der Waals surface area contributed by atoms with E-state index in [9.17, 15) is 4.79 Å². The van der Waals surface area contributed by atoms with Crippen LogP contribution in [-0.4, -0.2) is 17.6 Å². The summed E-state index contributed by atoms with van der Waals surface area (Å²) in [5, 5.41) is 13.4. The number of thiophene rings is 1. The second kappa shape index (κ2) is 6.94. The van der Waals surface area contributed by atoms with Gasteiger partial charge in [-0.15, -0.1) is 11.3 Å². The molecule has 0 aliphatic heterocycles. The monoisotopic (exact) mass is 289 g/mol. The van der Waals surface area contributed by atoms with Crippen molar-refractivity contribution < 1.29 is 14.3 Å². The number of aryl methyl sites for hydroxylation is 1. The third kappa shape index (κ3) is 3.50. The van der Waals surface area contributed by atoms with Gasteiger partial charge in [-0.05, 0) is 23.6 Å². The minimum atomic E-state index is -0.237. The van der Waals surface area contributed by atoms with E-state index in [4.69, 9.17) is 9.52 Å². The number of hydrogen-bond acceptors (Lipinski definition) is 4. The van der Waals surface area contributed by atoms with Gasteiger partial charge < -0.3 is 14.8 Å². The summed E-state index contributed by atoms with van der Waals surface area (Å²) in [4.78, 5) is 12.9. The number of carbonyl (C=O) groups excluding carboxylic acids is 1. The van der Waals surface area contributed by atoms with Crippen LogP contribution in [0.4, 0.5) is 0 Å². The normalized spacial score (nSPS) is 9.90. The first kappa shape index (κ1) is 14.4. The van der Waals surface area contributed by atoms with Crippen molar-refractivity contribution in [2.24, 2.45) is 0 Å². The summed E-state index contributed by atoms with van der Waals surface area (Å²) in [7, 11) is 0. The van der Waals surface area contributed by atoms with Crippen molar-refractivity contribution in [1.29, 1.82) is 0 Å². The average molecular weight is 289 g/mol. The van der Waals surface area contributed by atoms with Crippen LogP contribution in [0.5, 0.6) is 0 Å². The third-order valence-electron chi connectivity index (χ3n) is 2.69. The fourth-order valence-electron chi connectivity index (χ4n) is 1.66. The average Bonchev–Trinajstić information content (AvgIpc) is 3.11. The van der Waals surface area contributed by atoms with Crippen LogP contribution >= 0.6 is 11.3 Å². The van der Waals surface area contributed by atoms with Crippen molar-refractivity contribution in [3.63, 3.8) is 0 Å². The van der Waals surface area contributed by atoms with E-state index < -0.39 is 0 Å². The Labute approximate surface area is 121 Å². The minimum Gasteiger partial charge on any atom is -0.456 e. The van der Waals surface area contributed by atoms with Crippen molar-refractivity contribution in [3.8, 4) is 11.8 Å². The van der Waals surface area contributed by atoms with Crippen LogP contribution < -0.4 is 5.32 Å². The van der Waals surface area contributed by atoms with Crippen molar-refractivity contribution in [2.45, 2.75) is 19.9 Å². The largest absolute Gasteiger partial charge is 0.456 e. The number of rotatable bonds is 4. The molecule has 104 valence electrons. The Kier molecular flexibility index (Phi) is 4.99. The van der Waals surface area contributed by atoms with E-state index in [-0.39, 0.29) is 12.5 Å². The van der Waals surface area contributed by atoms with Gasteiger partial charge in [0.25, 0.3) is 5.91 Å². The van der Waals surface area contributed by atoms with Gasteiger partial charge in [-0.3, -0.25) is 4.79 Å². The molecule has 2 aromatic rings. The fourth-order valence-corrected chi connectivity index (χ4v) is 2.43.